The molecule has 0 unspecified atom stereocenters. The molecule has 1 amide bonds. The second-order valence-electron chi connectivity index (χ2n) is 3.74. The third kappa shape index (κ3) is 2.91. The van der Waals surface area contributed by atoms with Crippen molar-refractivity contribution in [3.8, 4) is 6.07 Å². The van der Waals surface area contributed by atoms with E-state index in [1.54, 1.807) is 0 Å². The molecule has 1 N–H and O–H groups in total. The van der Waals surface area contributed by atoms with Gasteiger partial charge in [0.25, 0.3) is 0 Å². The molecule has 14 heavy (non-hydrogen) atoms. The normalized spacial score (nSPS) is 19.7. The van der Waals surface area contributed by atoms with Crippen LogP contribution in [0.4, 0.5) is 0 Å². The van der Waals surface area contributed by atoms with Crippen molar-refractivity contribution in [2.75, 3.05) is 12.0 Å². The van der Waals surface area contributed by atoms with Gasteiger partial charge in [-0.25, -0.2) is 0 Å². The SMILES string of the molecule is CSCC(=O)NC1(C#N)CCCCC1. The Balaban J connectivity index is 2.52. The van der Waals surface area contributed by atoms with Gasteiger partial charge in [-0.3, -0.25) is 4.79 Å². The highest BCUT2D eigenvalue weighted by atomic mass is 32.2. The van der Waals surface area contributed by atoms with Crippen LogP contribution >= 0.6 is 11.8 Å². The van der Waals surface area contributed by atoms with Gasteiger partial charge in [-0.15, -0.1) is 0 Å². The van der Waals surface area contributed by atoms with Gasteiger partial charge >= 0.3 is 0 Å². The van der Waals surface area contributed by atoms with Crippen molar-refractivity contribution in [3.05, 3.63) is 0 Å². The van der Waals surface area contributed by atoms with Gasteiger partial charge in [0.2, 0.25) is 5.91 Å². The Kier molecular flexibility index (Phi) is 4.27. The van der Waals surface area contributed by atoms with Gasteiger partial charge in [0.15, 0.2) is 0 Å². The summed E-state index contributed by atoms with van der Waals surface area (Å²) in [6, 6.07) is 2.27. The molecule has 0 saturated heterocycles. The summed E-state index contributed by atoms with van der Waals surface area (Å²) >= 11 is 1.49. The van der Waals surface area contributed by atoms with E-state index in [-0.39, 0.29) is 5.91 Å². The second-order valence-corrected chi connectivity index (χ2v) is 4.60. The molecule has 0 aromatic rings. The number of nitrogens with one attached hydrogen (secondary N) is 1. The van der Waals surface area contributed by atoms with E-state index in [2.05, 4.69) is 11.4 Å². The summed E-state index contributed by atoms with van der Waals surface area (Å²) in [6.07, 6.45) is 6.79. The first-order valence-electron chi connectivity index (χ1n) is 4.94. The van der Waals surface area contributed by atoms with Crippen LogP contribution in [0.3, 0.4) is 0 Å². The van der Waals surface area contributed by atoms with Gasteiger partial charge in [0, 0.05) is 0 Å². The summed E-state index contributed by atoms with van der Waals surface area (Å²) in [5.74, 6) is 0.435. The number of hydrogen-bond donors (Lipinski definition) is 1. The van der Waals surface area contributed by atoms with Crippen LogP contribution in [0.5, 0.6) is 0 Å². The standard InChI is InChI=1S/C10H16N2OS/c1-14-7-9(13)12-10(8-11)5-3-2-4-6-10/h2-7H2,1H3,(H,12,13). The molecule has 1 aliphatic carbocycles. The molecule has 0 bridgehead atoms. The van der Waals surface area contributed by atoms with Crippen LogP contribution in [0.1, 0.15) is 32.1 Å². The van der Waals surface area contributed by atoms with Crippen LogP contribution in [0, 0.1) is 11.3 Å². The molecule has 0 radical (unpaired) electrons. The van der Waals surface area contributed by atoms with Crippen molar-refractivity contribution in [2.45, 2.75) is 37.6 Å². The van der Waals surface area contributed by atoms with Gasteiger partial charge in [0.1, 0.15) is 5.54 Å². The van der Waals surface area contributed by atoms with E-state index in [4.69, 9.17) is 5.26 Å². The van der Waals surface area contributed by atoms with E-state index in [0.717, 1.165) is 25.7 Å². The topological polar surface area (TPSA) is 52.9 Å². The number of hydrogen-bond acceptors (Lipinski definition) is 3. The van der Waals surface area contributed by atoms with Crippen LogP contribution < -0.4 is 5.32 Å². The largest absolute Gasteiger partial charge is 0.337 e. The summed E-state index contributed by atoms with van der Waals surface area (Å²) in [7, 11) is 0. The van der Waals surface area contributed by atoms with Crippen LogP contribution in [-0.4, -0.2) is 23.5 Å². The van der Waals surface area contributed by atoms with Gasteiger partial charge in [-0.2, -0.15) is 17.0 Å². The van der Waals surface area contributed by atoms with Gasteiger partial charge < -0.3 is 5.32 Å². The molecule has 3 nitrogen and oxygen atoms in total. The van der Waals surface area contributed by atoms with Gasteiger partial charge in [-0.05, 0) is 19.1 Å². The Labute approximate surface area is 89.2 Å². The highest BCUT2D eigenvalue weighted by Crippen LogP contribution is 2.27. The molecule has 1 rings (SSSR count). The lowest BCUT2D eigenvalue weighted by atomic mass is 9.83. The smallest absolute Gasteiger partial charge is 0.231 e. The molecule has 4 heteroatoms. The van der Waals surface area contributed by atoms with Crippen molar-refractivity contribution in [2.24, 2.45) is 0 Å². The number of nitriles is 1. The third-order valence-corrected chi connectivity index (χ3v) is 3.13. The summed E-state index contributed by atoms with van der Waals surface area (Å²) in [5.41, 5.74) is -0.564. The third-order valence-electron chi connectivity index (χ3n) is 2.58. The fourth-order valence-electron chi connectivity index (χ4n) is 1.85. The van der Waals surface area contributed by atoms with E-state index in [1.807, 2.05) is 6.26 Å². The minimum Gasteiger partial charge on any atom is -0.337 e. The van der Waals surface area contributed by atoms with Crippen molar-refractivity contribution >= 4 is 17.7 Å². The molecule has 0 spiro atoms. The minimum absolute atomic E-state index is 0.0130. The number of carbonyl (C=O) groups is 1. The van der Waals surface area contributed by atoms with E-state index < -0.39 is 5.54 Å². The quantitative estimate of drug-likeness (QED) is 0.774. The molecule has 0 heterocycles. The summed E-state index contributed by atoms with van der Waals surface area (Å²) in [4.78, 5) is 11.4. The van der Waals surface area contributed by atoms with Gasteiger partial charge in [0.05, 0.1) is 11.8 Å². The van der Waals surface area contributed by atoms with Crippen LogP contribution in [0.15, 0.2) is 0 Å². The Morgan fingerprint density at radius 3 is 2.64 bits per heavy atom. The van der Waals surface area contributed by atoms with Crippen molar-refractivity contribution in [1.82, 2.24) is 5.32 Å². The number of rotatable bonds is 3. The molecule has 0 atom stereocenters. The summed E-state index contributed by atoms with van der Waals surface area (Å²) < 4.78 is 0. The molecule has 1 saturated carbocycles. The lowest BCUT2D eigenvalue weighted by Gasteiger charge is -2.31. The summed E-state index contributed by atoms with van der Waals surface area (Å²) in [5, 5.41) is 11.9. The van der Waals surface area contributed by atoms with Crippen molar-refractivity contribution < 1.29 is 4.79 Å². The maximum Gasteiger partial charge on any atom is 0.231 e. The monoisotopic (exact) mass is 212 g/mol. The zero-order chi connectivity index (χ0) is 10.4. The number of thioether (sulfide) groups is 1. The zero-order valence-electron chi connectivity index (χ0n) is 8.51. The Morgan fingerprint density at radius 2 is 2.14 bits per heavy atom. The van der Waals surface area contributed by atoms with Crippen molar-refractivity contribution in [3.63, 3.8) is 0 Å². The Bertz CT molecular complexity index is 241. The lowest BCUT2D eigenvalue weighted by Crippen LogP contribution is -2.49. The molecule has 0 aliphatic heterocycles. The Morgan fingerprint density at radius 1 is 1.50 bits per heavy atom. The molecule has 0 aromatic heterocycles. The average Bonchev–Trinajstić information content (AvgIpc) is 2.19. The fourth-order valence-corrected chi connectivity index (χ4v) is 2.19. The summed E-state index contributed by atoms with van der Waals surface area (Å²) in [6.45, 7) is 0. The maximum atomic E-state index is 11.4. The van der Waals surface area contributed by atoms with Crippen LogP contribution in [-0.2, 0) is 4.79 Å². The number of nitrogens with zero attached hydrogens (tertiary/aromatic N) is 1. The highest BCUT2D eigenvalue weighted by molar-refractivity contribution is 7.99. The average molecular weight is 212 g/mol. The molecule has 1 aliphatic rings. The first-order chi connectivity index (χ1) is 6.72. The molecule has 1 fully saturated rings. The van der Waals surface area contributed by atoms with E-state index >= 15 is 0 Å². The van der Waals surface area contributed by atoms with Crippen LogP contribution in [0.25, 0.3) is 0 Å². The number of carbonyl (C=O) groups excluding carboxylic acids is 1. The fraction of sp³-hybridized carbons (Fsp3) is 0.800. The number of amides is 1. The minimum atomic E-state index is -0.564. The first-order valence-corrected chi connectivity index (χ1v) is 6.33. The maximum absolute atomic E-state index is 11.4. The Hall–Kier alpha value is -0.690. The van der Waals surface area contributed by atoms with Crippen LogP contribution in [0.2, 0.25) is 0 Å². The first kappa shape index (κ1) is 11.4. The van der Waals surface area contributed by atoms with Crippen molar-refractivity contribution in [1.29, 1.82) is 5.26 Å². The predicted octanol–water partition coefficient (Wildman–Crippen LogP) is 1.69. The second kappa shape index (κ2) is 5.26. The molecule has 78 valence electrons. The molecule has 0 aromatic carbocycles. The highest BCUT2D eigenvalue weighted by Gasteiger charge is 2.33. The van der Waals surface area contributed by atoms with E-state index in [1.165, 1.54) is 18.2 Å². The molecular formula is C10H16N2OS. The van der Waals surface area contributed by atoms with E-state index in [9.17, 15) is 4.79 Å². The molecular weight excluding hydrogens is 196 g/mol. The predicted molar refractivity (Wildman–Crippen MR) is 58.0 cm³/mol. The zero-order valence-corrected chi connectivity index (χ0v) is 9.32. The lowest BCUT2D eigenvalue weighted by molar-refractivity contribution is -0.120. The van der Waals surface area contributed by atoms with E-state index in [0.29, 0.717) is 5.75 Å². The van der Waals surface area contributed by atoms with Gasteiger partial charge in [-0.1, -0.05) is 19.3 Å².